The van der Waals surface area contributed by atoms with E-state index in [9.17, 15) is 4.79 Å². The van der Waals surface area contributed by atoms with Crippen molar-refractivity contribution in [2.45, 2.75) is 19.4 Å². The van der Waals surface area contributed by atoms with E-state index >= 15 is 0 Å². The number of aromatic carboxylic acids is 1. The van der Waals surface area contributed by atoms with Crippen molar-refractivity contribution in [3.63, 3.8) is 0 Å². The minimum atomic E-state index is -0.962. The Bertz CT molecular complexity index is 408. The van der Waals surface area contributed by atoms with Crippen molar-refractivity contribution in [3.05, 3.63) is 23.9 Å². The van der Waals surface area contributed by atoms with Crippen molar-refractivity contribution in [2.24, 2.45) is 5.92 Å². The molecule has 17 heavy (non-hydrogen) atoms. The second-order valence-electron chi connectivity index (χ2n) is 4.21. The fourth-order valence-electron chi connectivity index (χ4n) is 1.99. The third-order valence-electron chi connectivity index (χ3n) is 3.10. The smallest absolute Gasteiger partial charge is 0.339 e. The van der Waals surface area contributed by atoms with Crippen LogP contribution in [0.5, 0.6) is 0 Å². The molecule has 2 unspecified atom stereocenters. The van der Waals surface area contributed by atoms with Gasteiger partial charge in [-0.2, -0.15) is 0 Å². The van der Waals surface area contributed by atoms with Crippen LogP contribution in [0.25, 0.3) is 0 Å². The van der Waals surface area contributed by atoms with Gasteiger partial charge in [-0.25, -0.2) is 9.78 Å². The number of nitrogens with zero attached hydrogens (tertiary/aromatic N) is 1. The summed E-state index contributed by atoms with van der Waals surface area (Å²) in [6.07, 6.45) is 2.81. The summed E-state index contributed by atoms with van der Waals surface area (Å²) in [6, 6.07) is 3.17. The first-order chi connectivity index (χ1) is 8.18. The van der Waals surface area contributed by atoms with Gasteiger partial charge in [0.15, 0.2) is 0 Å². The zero-order valence-corrected chi connectivity index (χ0v) is 9.72. The molecule has 2 heterocycles. The molecule has 0 aromatic carbocycles. The zero-order chi connectivity index (χ0) is 12.3. The second kappa shape index (κ2) is 5.14. The number of carbonyl (C=O) groups is 1. The number of anilines is 1. The van der Waals surface area contributed by atoms with Gasteiger partial charge in [0.1, 0.15) is 11.4 Å². The molecule has 2 N–H and O–H groups in total. The molecule has 0 saturated carbocycles. The number of ether oxygens (including phenoxy) is 1. The van der Waals surface area contributed by atoms with Gasteiger partial charge in [-0.15, -0.1) is 0 Å². The number of nitrogens with one attached hydrogen (secondary N) is 1. The first-order valence-electron chi connectivity index (χ1n) is 5.72. The highest BCUT2D eigenvalue weighted by atomic mass is 16.5. The topological polar surface area (TPSA) is 71.5 Å². The minimum absolute atomic E-state index is 0.207. The molecule has 1 aromatic rings. The highest BCUT2D eigenvalue weighted by Crippen LogP contribution is 2.21. The standard InChI is InChI=1S/C12H16N2O3/c1-8-9(4-6-17-8)7-14-11-10(12(15)16)3-2-5-13-11/h2-3,5,8-9H,4,6-7H2,1H3,(H,13,14)(H,15,16). The Hall–Kier alpha value is -1.62. The fourth-order valence-corrected chi connectivity index (χ4v) is 1.99. The van der Waals surface area contributed by atoms with Gasteiger partial charge in [-0.3, -0.25) is 0 Å². The fraction of sp³-hybridized carbons (Fsp3) is 0.500. The van der Waals surface area contributed by atoms with E-state index in [1.54, 1.807) is 18.3 Å². The second-order valence-corrected chi connectivity index (χ2v) is 4.21. The number of rotatable bonds is 4. The van der Waals surface area contributed by atoms with Crippen molar-refractivity contribution < 1.29 is 14.6 Å². The Morgan fingerprint density at radius 2 is 2.53 bits per heavy atom. The molecule has 0 amide bonds. The number of hydrogen-bond acceptors (Lipinski definition) is 4. The molecule has 1 aliphatic rings. The number of carboxylic acids is 1. The van der Waals surface area contributed by atoms with E-state index in [4.69, 9.17) is 9.84 Å². The molecule has 1 aromatic heterocycles. The van der Waals surface area contributed by atoms with Crippen molar-refractivity contribution in [1.82, 2.24) is 4.98 Å². The molecule has 1 aliphatic heterocycles. The summed E-state index contributed by atoms with van der Waals surface area (Å²) in [4.78, 5) is 15.0. The molecule has 5 nitrogen and oxygen atoms in total. The van der Waals surface area contributed by atoms with E-state index in [1.165, 1.54) is 0 Å². The molecule has 5 heteroatoms. The molecule has 2 rings (SSSR count). The number of carboxylic acid groups (broad SMARTS) is 1. The van der Waals surface area contributed by atoms with Gasteiger partial charge in [0.25, 0.3) is 0 Å². The lowest BCUT2D eigenvalue weighted by Crippen LogP contribution is -2.22. The Morgan fingerprint density at radius 3 is 3.18 bits per heavy atom. The van der Waals surface area contributed by atoms with Crippen LogP contribution < -0.4 is 5.32 Å². The molecule has 1 fully saturated rings. The van der Waals surface area contributed by atoms with E-state index in [2.05, 4.69) is 10.3 Å². The van der Waals surface area contributed by atoms with Crippen LogP contribution in [0.4, 0.5) is 5.82 Å². The summed E-state index contributed by atoms with van der Waals surface area (Å²) in [7, 11) is 0. The van der Waals surface area contributed by atoms with Crippen LogP contribution in [-0.4, -0.2) is 35.3 Å². The van der Waals surface area contributed by atoms with Crippen LogP contribution in [0.1, 0.15) is 23.7 Å². The first-order valence-corrected chi connectivity index (χ1v) is 5.72. The third-order valence-corrected chi connectivity index (χ3v) is 3.10. The average molecular weight is 236 g/mol. The first kappa shape index (κ1) is 11.9. The van der Waals surface area contributed by atoms with E-state index in [-0.39, 0.29) is 11.7 Å². The van der Waals surface area contributed by atoms with E-state index in [0.29, 0.717) is 18.3 Å². The molecule has 1 saturated heterocycles. The molecule has 0 bridgehead atoms. The maximum absolute atomic E-state index is 11.0. The molecular weight excluding hydrogens is 220 g/mol. The van der Waals surface area contributed by atoms with Gasteiger partial charge in [0, 0.05) is 25.3 Å². The summed E-state index contributed by atoms with van der Waals surface area (Å²) in [6.45, 7) is 3.51. The molecule has 0 spiro atoms. The van der Waals surface area contributed by atoms with Crippen molar-refractivity contribution in [3.8, 4) is 0 Å². The average Bonchev–Trinajstić information content (AvgIpc) is 2.72. The number of hydrogen-bond donors (Lipinski definition) is 2. The molecule has 2 atom stereocenters. The Balaban J connectivity index is 2.01. The SMILES string of the molecule is CC1OCCC1CNc1ncccc1C(=O)O. The summed E-state index contributed by atoms with van der Waals surface area (Å²) in [5.74, 6) is -0.117. The van der Waals surface area contributed by atoms with Gasteiger partial charge < -0.3 is 15.2 Å². The molecule has 92 valence electrons. The number of pyridine rings is 1. The van der Waals surface area contributed by atoms with Crippen molar-refractivity contribution in [2.75, 3.05) is 18.5 Å². The van der Waals surface area contributed by atoms with E-state index in [0.717, 1.165) is 13.0 Å². The Kier molecular flexibility index (Phi) is 3.58. The molecule has 0 radical (unpaired) electrons. The van der Waals surface area contributed by atoms with Crippen molar-refractivity contribution in [1.29, 1.82) is 0 Å². The van der Waals surface area contributed by atoms with Crippen LogP contribution in [-0.2, 0) is 4.74 Å². The van der Waals surface area contributed by atoms with Gasteiger partial charge in [0.2, 0.25) is 0 Å². The largest absolute Gasteiger partial charge is 0.478 e. The summed E-state index contributed by atoms with van der Waals surface area (Å²) >= 11 is 0. The quantitative estimate of drug-likeness (QED) is 0.831. The third kappa shape index (κ3) is 2.74. The predicted octanol–water partition coefficient (Wildman–Crippen LogP) is 1.62. The van der Waals surface area contributed by atoms with Crippen LogP contribution in [0.2, 0.25) is 0 Å². The summed E-state index contributed by atoms with van der Waals surface area (Å²) < 4.78 is 5.45. The monoisotopic (exact) mass is 236 g/mol. The predicted molar refractivity (Wildman–Crippen MR) is 63.2 cm³/mol. The molecule has 0 aliphatic carbocycles. The van der Waals surface area contributed by atoms with Crippen LogP contribution >= 0.6 is 0 Å². The number of aromatic nitrogens is 1. The maximum atomic E-state index is 11.0. The normalized spacial score (nSPS) is 23.6. The highest BCUT2D eigenvalue weighted by Gasteiger charge is 2.24. The van der Waals surface area contributed by atoms with Crippen molar-refractivity contribution >= 4 is 11.8 Å². The highest BCUT2D eigenvalue weighted by molar-refractivity contribution is 5.92. The van der Waals surface area contributed by atoms with Gasteiger partial charge >= 0.3 is 5.97 Å². The lowest BCUT2D eigenvalue weighted by Gasteiger charge is -2.15. The lowest BCUT2D eigenvalue weighted by molar-refractivity contribution is 0.0697. The van der Waals surface area contributed by atoms with E-state index in [1.807, 2.05) is 6.92 Å². The summed E-state index contributed by atoms with van der Waals surface area (Å²) in [5, 5.41) is 12.1. The Morgan fingerprint density at radius 1 is 1.71 bits per heavy atom. The lowest BCUT2D eigenvalue weighted by atomic mass is 10.0. The molecular formula is C12H16N2O3. The zero-order valence-electron chi connectivity index (χ0n) is 9.72. The van der Waals surface area contributed by atoms with Crippen LogP contribution in [0.3, 0.4) is 0 Å². The Labute approximate surface area is 99.8 Å². The van der Waals surface area contributed by atoms with E-state index < -0.39 is 5.97 Å². The van der Waals surface area contributed by atoms with Crippen LogP contribution in [0, 0.1) is 5.92 Å². The van der Waals surface area contributed by atoms with Gasteiger partial charge in [0.05, 0.1) is 6.10 Å². The van der Waals surface area contributed by atoms with Gasteiger partial charge in [-0.05, 0) is 25.5 Å². The van der Waals surface area contributed by atoms with Crippen LogP contribution in [0.15, 0.2) is 18.3 Å². The maximum Gasteiger partial charge on any atom is 0.339 e. The van der Waals surface area contributed by atoms with Gasteiger partial charge in [-0.1, -0.05) is 0 Å². The minimum Gasteiger partial charge on any atom is -0.478 e. The summed E-state index contributed by atoms with van der Waals surface area (Å²) in [5.41, 5.74) is 0.207.